The van der Waals surface area contributed by atoms with Gasteiger partial charge in [-0.05, 0) is 60.0 Å². The van der Waals surface area contributed by atoms with Crippen molar-refractivity contribution in [2.75, 3.05) is 12.3 Å². The molecule has 10 heteroatoms. The number of hydrogen-bond acceptors (Lipinski definition) is 4. The molecule has 3 nitrogen and oxygen atoms in total. The van der Waals surface area contributed by atoms with E-state index >= 15 is 0 Å². The number of fused-ring (bicyclic) bond motifs is 1. The quantitative estimate of drug-likeness (QED) is 0.376. The molecule has 0 spiro atoms. The van der Waals surface area contributed by atoms with E-state index in [1.807, 2.05) is 23.3 Å². The summed E-state index contributed by atoms with van der Waals surface area (Å²) in [5.41, 5.74) is -1.25. The third kappa shape index (κ3) is 4.58. The molecule has 0 N–H and O–H groups in total. The number of nitrogens with zero attached hydrogens (tertiary/aromatic N) is 2. The van der Waals surface area contributed by atoms with Crippen LogP contribution in [0.3, 0.4) is 0 Å². The van der Waals surface area contributed by atoms with E-state index < -0.39 is 29.2 Å². The molecule has 0 unspecified atom stereocenters. The summed E-state index contributed by atoms with van der Waals surface area (Å²) in [6, 6.07) is 7.55. The van der Waals surface area contributed by atoms with Gasteiger partial charge in [-0.3, -0.25) is 0 Å². The van der Waals surface area contributed by atoms with Crippen LogP contribution in [0.5, 0.6) is 11.5 Å². The van der Waals surface area contributed by atoms with Gasteiger partial charge in [0.15, 0.2) is 0 Å². The molecule has 0 bridgehead atoms. The van der Waals surface area contributed by atoms with Gasteiger partial charge in [0.05, 0.1) is 11.1 Å². The van der Waals surface area contributed by atoms with Gasteiger partial charge >= 0.3 is 12.4 Å². The first kappa shape index (κ1) is 21.4. The van der Waals surface area contributed by atoms with Gasteiger partial charge < -0.3 is 9.64 Å². The number of allylic oxidation sites excluding steroid dienone is 2. The Morgan fingerprint density at radius 1 is 0.935 bits per heavy atom. The van der Waals surface area contributed by atoms with E-state index in [0.717, 1.165) is 29.3 Å². The van der Waals surface area contributed by atoms with Gasteiger partial charge in [-0.2, -0.15) is 30.7 Å². The summed E-state index contributed by atoms with van der Waals surface area (Å²) < 4.78 is 88.1. The van der Waals surface area contributed by atoms with Crippen LogP contribution in [0, 0.1) is 0 Å². The molecule has 0 aromatic heterocycles. The van der Waals surface area contributed by atoms with Crippen LogP contribution < -0.4 is 4.74 Å². The molecule has 0 fully saturated rings. The van der Waals surface area contributed by atoms with Gasteiger partial charge in [0.1, 0.15) is 17.3 Å². The Kier molecular flexibility index (Phi) is 5.50. The molecular weight excluding hydrogens is 442 g/mol. The first-order valence-electron chi connectivity index (χ1n) is 9.05. The normalized spacial score (nSPS) is 16.5. The van der Waals surface area contributed by atoms with Crippen molar-refractivity contribution in [2.45, 2.75) is 12.4 Å². The summed E-state index contributed by atoms with van der Waals surface area (Å²) in [6.07, 6.45) is -4.21. The zero-order valence-corrected chi connectivity index (χ0v) is 16.5. The fourth-order valence-corrected chi connectivity index (χ4v) is 3.84. The number of hydrogen-bond donors (Lipinski definition) is 0. The molecule has 31 heavy (non-hydrogen) atoms. The highest BCUT2D eigenvalue weighted by molar-refractivity contribution is 7.98. The largest absolute Gasteiger partial charge is 0.457 e. The summed E-state index contributed by atoms with van der Waals surface area (Å²) >= 11 is 1.45. The number of benzene rings is 2. The van der Waals surface area contributed by atoms with Gasteiger partial charge in [0.2, 0.25) is 0 Å². The van der Waals surface area contributed by atoms with Gasteiger partial charge in [-0.1, -0.05) is 12.1 Å². The van der Waals surface area contributed by atoms with Crippen LogP contribution in [0.2, 0.25) is 0 Å². The van der Waals surface area contributed by atoms with Crippen molar-refractivity contribution in [1.29, 1.82) is 0 Å². The average molecular weight is 456 g/mol. The Labute approximate surface area is 177 Å². The van der Waals surface area contributed by atoms with Crippen molar-refractivity contribution < 1.29 is 31.1 Å². The van der Waals surface area contributed by atoms with Crippen molar-refractivity contribution >= 4 is 23.4 Å². The van der Waals surface area contributed by atoms with E-state index in [1.54, 1.807) is 12.1 Å². The van der Waals surface area contributed by atoms with Crippen LogP contribution >= 0.6 is 11.9 Å². The zero-order valence-electron chi connectivity index (χ0n) is 15.7. The van der Waals surface area contributed by atoms with E-state index in [4.69, 9.17) is 4.74 Å². The standard InChI is InChI=1S/C21H14F6N2OS/c22-20(23,24)14-5-8-18(17(12-14)21(25,26)27)30-15-6-3-13(4-7-15)16-2-1-9-29-10-11-31-28-19(16)29/h1-9,12H,10-11H2. The Balaban J connectivity index is 1.61. The molecule has 0 atom stereocenters. The van der Waals surface area contributed by atoms with Gasteiger partial charge in [-0.25, -0.2) is 0 Å². The maximum Gasteiger partial charge on any atom is 0.420 e. The lowest BCUT2D eigenvalue weighted by Gasteiger charge is -2.29. The SMILES string of the molecule is FC(F)(F)c1ccc(Oc2ccc(C3=CC=CN4CCSN=C34)cc2)c(C(F)(F)F)c1. The fraction of sp³-hybridized carbons (Fsp3) is 0.190. The first-order chi connectivity index (χ1) is 14.6. The molecule has 2 aliphatic heterocycles. The molecule has 2 heterocycles. The van der Waals surface area contributed by atoms with E-state index in [9.17, 15) is 26.3 Å². The number of ether oxygens (including phenoxy) is 1. The number of alkyl halides is 6. The average Bonchev–Trinajstić information content (AvgIpc) is 2.73. The summed E-state index contributed by atoms with van der Waals surface area (Å²) in [7, 11) is 0. The Morgan fingerprint density at radius 2 is 1.68 bits per heavy atom. The number of rotatable bonds is 3. The lowest BCUT2D eigenvalue weighted by Crippen LogP contribution is -2.32. The maximum absolute atomic E-state index is 13.3. The second kappa shape index (κ2) is 7.99. The Hall–Kier alpha value is -2.88. The van der Waals surface area contributed by atoms with Crippen molar-refractivity contribution in [3.8, 4) is 11.5 Å². The van der Waals surface area contributed by atoms with Crippen LogP contribution in [-0.2, 0) is 12.4 Å². The summed E-state index contributed by atoms with van der Waals surface area (Å²) in [6.45, 7) is 0.812. The van der Waals surface area contributed by atoms with Crippen LogP contribution in [0.25, 0.3) is 5.57 Å². The molecule has 2 aromatic rings. The minimum absolute atomic E-state index is 0.0519. The monoisotopic (exact) mass is 456 g/mol. The number of amidine groups is 1. The van der Waals surface area contributed by atoms with Gasteiger partial charge in [-0.15, -0.1) is 0 Å². The molecule has 0 saturated heterocycles. The molecular formula is C21H14F6N2OS. The van der Waals surface area contributed by atoms with Crippen LogP contribution in [0.1, 0.15) is 16.7 Å². The summed E-state index contributed by atoms with van der Waals surface area (Å²) in [5, 5.41) is 0. The molecule has 162 valence electrons. The van der Waals surface area contributed by atoms with Crippen molar-refractivity contribution in [2.24, 2.45) is 4.40 Å². The van der Waals surface area contributed by atoms with Crippen molar-refractivity contribution in [3.05, 3.63) is 77.5 Å². The van der Waals surface area contributed by atoms with Crippen molar-refractivity contribution in [1.82, 2.24) is 4.90 Å². The second-order valence-corrected chi connectivity index (χ2v) is 7.55. The van der Waals surface area contributed by atoms with E-state index in [2.05, 4.69) is 4.40 Å². The summed E-state index contributed by atoms with van der Waals surface area (Å²) in [4.78, 5) is 2.01. The molecule has 0 saturated carbocycles. The highest BCUT2D eigenvalue weighted by Gasteiger charge is 2.39. The third-order valence-electron chi connectivity index (χ3n) is 4.62. The van der Waals surface area contributed by atoms with E-state index in [1.165, 1.54) is 24.1 Å². The number of halogens is 6. The minimum atomic E-state index is -5.00. The fourth-order valence-electron chi connectivity index (χ4n) is 3.14. The molecule has 0 radical (unpaired) electrons. The lowest BCUT2D eigenvalue weighted by atomic mass is 10.0. The highest BCUT2D eigenvalue weighted by atomic mass is 32.2. The predicted octanol–water partition coefficient (Wildman–Crippen LogP) is 6.79. The Morgan fingerprint density at radius 3 is 2.35 bits per heavy atom. The van der Waals surface area contributed by atoms with Crippen molar-refractivity contribution in [3.63, 3.8) is 0 Å². The second-order valence-electron chi connectivity index (χ2n) is 6.70. The van der Waals surface area contributed by atoms with E-state index in [-0.39, 0.29) is 11.8 Å². The Bertz CT molecular complexity index is 1070. The predicted molar refractivity (Wildman–Crippen MR) is 107 cm³/mol. The minimum Gasteiger partial charge on any atom is -0.457 e. The van der Waals surface area contributed by atoms with Gasteiger partial charge in [0, 0.05) is 24.1 Å². The van der Waals surface area contributed by atoms with Crippen LogP contribution in [-0.4, -0.2) is 23.0 Å². The molecule has 2 aliphatic rings. The molecule has 4 rings (SSSR count). The van der Waals surface area contributed by atoms with Gasteiger partial charge in [0.25, 0.3) is 0 Å². The first-order valence-corrected chi connectivity index (χ1v) is 9.99. The highest BCUT2D eigenvalue weighted by Crippen LogP contribution is 2.42. The van der Waals surface area contributed by atoms with E-state index in [0.29, 0.717) is 12.1 Å². The lowest BCUT2D eigenvalue weighted by molar-refractivity contribution is -0.143. The summed E-state index contributed by atoms with van der Waals surface area (Å²) in [5.74, 6) is 1.02. The molecule has 0 aliphatic carbocycles. The zero-order chi connectivity index (χ0) is 22.2. The molecule has 2 aromatic carbocycles. The smallest absolute Gasteiger partial charge is 0.420 e. The van der Waals surface area contributed by atoms with Crippen LogP contribution in [0.15, 0.2) is 65.2 Å². The van der Waals surface area contributed by atoms with Crippen LogP contribution in [0.4, 0.5) is 26.3 Å². The molecule has 0 amide bonds. The topological polar surface area (TPSA) is 24.8 Å². The third-order valence-corrected chi connectivity index (χ3v) is 5.29. The maximum atomic E-state index is 13.3.